The molecule has 1 amide bonds. The molecule has 4 nitrogen and oxygen atoms in total. The van der Waals surface area contributed by atoms with Crippen LogP contribution in [0.2, 0.25) is 0 Å². The van der Waals surface area contributed by atoms with Crippen molar-refractivity contribution in [3.05, 3.63) is 78.4 Å². The second kappa shape index (κ2) is 8.42. The summed E-state index contributed by atoms with van der Waals surface area (Å²) in [5.41, 5.74) is 1.91. The summed E-state index contributed by atoms with van der Waals surface area (Å²) in [6.45, 7) is 6.87. The summed E-state index contributed by atoms with van der Waals surface area (Å²) in [7, 11) is 0. The highest BCUT2D eigenvalue weighted by Crippen LogP contribution is 2.49. The van der Waals surface area contributed by atoms with Gasteiger partial charge in [-0.25, -0.2) is 0 Å². The number of fused-ring (bicyclic) bond motifs is 1. The zero-order valence-corrected chi connectivity index (χ0v) is 16.9. The molecule has 0 spiro atoms. The number of hydrogen-bond donors (Lipinski definition) is 2. The summed E-state index contributed by atoms with van der Waals surface area (Å²) < 4.78 is 0. The minimum atomic E-state index is -0.0106. The van der Waals surface area contributed by atoms with Crippen LogP contribution in [0.15, 0.2) is 67.3 Å². The van der Waals surface area contributed by atoms with Crippen LogP contribution in [0, 0.1) is 5.92 Å². The zero-order chi connectivity index (χ0) is 20.3. The molecule has 2 aromatic rings. The molecule has 1 aliphatic heterocycles. The largest absolute Gasteiger partial charge is 0.508 e. The van der Waals surface area contributed by atoms with Crippen LogP contribution in [0.5, 0.6) is 5.75 Å². The Kier molecular flexibility index (Phi) is 5.72. The minimum absolute atomic E-state index is 0.00389. The second-order valence-electron chi connectivity index (χ2n) is 8.52. The molecule has 3 unspecified atom stereocenters. The van der Waals surface area contributed by atoms with Crippen LogP contribution in [0.25, 0.3) is 0 Å². The van der Waals surface area contributed by atoms with Crippen LogP contribution >= 0.6 is 0 Å². The van der Waals surface area contributed by atoms with Gasteiger partial charge in [-0.2, -0.15) is 0 Å². The number of nitrogens with zero attached hydrogens (tertiary/aromatic N) is 1. The van der Waals surface area contributed by atoms with Gasteiger partial charge in [0.15, 0.2) is 0 Å². The molecule has 1 saturated heterocycles. The molecule has 1 saturated carbocycles. The van der Waals surface area contributed by atoms with Crippen molar-refractivity contribution in [2.45, 2.75) is 37.1 Å². The first kappa shape index (κ1) is 19.7. The Balaban J connectivity index is 1.58. The van der Waals surface area contributed by atoms with E-state index in [0.717, 1.165) is 45.3 Å². The third-order valence-electron chi connectivity index (χ3n) is 6.79. The van der Waals surface area contributed by atoms with E-state index in [4.69, 9.17) is 0 Å². The number of benzene rings is 2. The van der Waals surface area contributed by atoms with Gasteiger partial charge in [0.1, 0.15) is 5.75 Å². The first-order chi connectivity index (χ1) is 14.1. The van der Waals surface area contributed by atoms with Gasteiger partial charge in [-0.1, -0.05) is 36.4 Å². The van der Waals surface area contributed by atoms with Crippen molar-refractivity contribution < 1.29 is 9.90 Å². The van der Waals surface area contributed by atoms with E-state index in [1.165, 1.54) is 5.56 Å². The van der Waals surface area contributed by atoms with Gasteiger partial charge in [-0.3, -0.25) is 9.69 Å². The van der Waals surface area contributed by atoms with Gasteiger partial charge >= 0.3 is 0 Å². The fourth-order valence-electron chi connectivity index (χ4n) is 5.36. The maximum atomic E-state index is 12.7. The Bertz CT molecular complexity index is 866. The third kappa shape index (κ3) is 4.08. The predicted molar refractivity (Wildman–Crippen MR) is 116 cm³/mol. The first-order valence-electron chi connectivity index (χ1n) is 10.6. The fourth-order valence-corrected chi connectivity index (χ4v) is 5.36. The molecule has 4 rings (SSSR count). The molecule has 2 aliphatic rings. The van der Waals surface area contributed by atoms with Crippen LogP contribution < -0.4 is 5.32 Å². The predicted octanol–water partition coefficient (Wildman–Crippen LogP) is 4.12. The third-order valence-corrected chi connectivity index (χ3v) is 6.79. The summed E-state index contributed by atoms with van der Waals surface area (Å²) in [6, 6.07) is 17.3. The summed E-state index contributed by atoms with van der Waals surface area (Å²) in [5, 5.41) is 13.4. The molecular formula is C25H30N2O2. The summed E-state index contributed by atoms with van der Waals surface area (Å²) in [6.07, 6.45) is 6.00. The van der Waals surface area contributed by atoms with Gasteiger partial charge in [0, 0.05) is 30.1 Å². The van der Waals surface area contributed by atoms with E-state index < -0.39 is 0 Å². The van der Waals surface area contributed by atoms with Crippen LogP contribution in [0.1, 0.15) is 41.6 Å². The SMILES string of the molecule is C=CCN1CCC2(c3cccc(O)c3)CC(NC(=O)c3ccccc3)CCC2C1. The minimum Gasteiger partial charge on any atom is -0.508 e. The summed E-state index contributed by atoms with van der Waals surface area (Å²) >= 11 is 0. The highest BCUT2D eigenvalue weighted by Gasteiger charge is 2.48. The second-order valence-corrected chi connectivity index (χ2v) is 8.52. The first-order valence-corrected chi connectivity index (χ1v) is 10.6. The lowest BCUT2D eigenvalue weighted by Gasteiger charge is -2.53. The van der Waals surface area contributed by atoms with E-state index in [0.29, 0.717) is 17.2 Å². The van der Waals surface area contributed by atoms with Crippen LogP contribution in [-0.2, 0) is 5.41 Å². The maximum Gasteiger partial charge on any atom is 0.251 e. The van der Waals surface area contributed by atoms with Crippen molar-refractivity contribution in [3.8, 4) is 5.75 Å². The topological polar surface area (TPSA) is 52.6 Å². The van der Waals surface area contributed by atoms with E-state index in [1.54, 1.807) is 6.07 Å². The number of carbonyl (C=O) groups is 1. The number of nitrogens with one attached hydrogen (secondary N) is 1. The Morgan fingerprint density at radius 1 is 1.21 bits per heavy atom. The molecule has 29 heavy (non-hydrogen) atoms. The molecule has 152 valence electrons. The van der Waals surface area contributed by atoms with Crippen molar-refractivity contribution in [1.29, 1.82) is 0 Å². The molecule has 1 aliphatic carbocycles. The molecule has 3 atom stereocenters. The summed E-state index contributed by atoms with van der Waals surface area (Å²) in [5.74, 6) is 0.840. The van der Waals surface area contributed by atoms with Crippen LogP contribution in [0.3, 0.4) is 0 Å². The molecule has 0 bridgehead atoms. The van der Waals surface area contributed by atoms with Crippen molar-refractivity contribution in [2.75, 3.05) is 19.6 Å². The Hall–Kier alpha value is -2.59. The Morgan fingerprint density at radius 2 is 2.03 bits per heavy atom. The number of piperidine rings is 1. The fraction of sp³-hybridized carbons (Fsp3) is 0.400. The normalized spacial score (nSPS) is 27.0. The Morgan fingerprint density at radius 3 is 2.79 bits per heavy atom. The molecule has 0 radical (unpaired) electrons. The number of carbonyl (C=O) groups excluding carboxylic acids is 1. The van der Waals surface area contributed by atoms with Gasteiger partial charge in [-0.15, -0.1) is 6.58 Å². The average Bonchev–Trinajstić information content (AvgIpc) is 2.74. The van der Waals surface area contributed by atoms with Crippen molar-refractivity contribution in [1.82, 2.24) is 10.2 Å². The van der Waals surface area contributed by atoms with Crippen LogP contribution in [0.4, 0.5) is 0 Å². The standard InChI is InChI=1S/C25H30N2O2/c1-2-14-27-15-13-25(20-9-6-10-23(28)16-20)17-22(12-11-21(25)18-27)26-24(29)19-7-4-3-5-8-19/h2-10,16,21-22,28H,1,11-15,17-18H2,(H,26,29). The van der Waals surface area contributed by atoms with E-state index in [1.807, 2.05) is 48.5 Å². The average molecular weight is 391 g/mol. The van der Waals surface area contributed by atoms with Gasteiger partial charge in [0.2, 0.25) is 0 Å². The molecular weight excluding hydrogens is 360 g/mol. The lowest BCUT2D eigenvalue weighted by molar-refractivity contribution is 0.0473. The number of hydrogen-bond acceptors (Lipinski definition) is 3. The van der Waals surface area contributed by atoms with Gasteiger partial charge in [-0.05, 0) is 68.0 Å². The summed E-state index contributed by atoms with van der Waals surface area (Å²) in [4.78, 5) is 15.2. The number of phenolic OH excluding ortho intramolecular Hbond substituents is 1. The maximum absolute atomic E-state index is 12.7. The lowest BCUT2D eigenvalue weighted by atomic mass is 9.58. The quantitative estimate of drug-likeness (QED) is 0.755. The highest BCUT2D eigenvalue weighted by molar-refractivity contribution is 5.94. The van der Waals surface area contributed by atoms with Crippen molar-refractivity contribution >= 4 is 5.91 Å². The van der Waals surface area contributed by atoms with E-state index >= 15 is 0 Å². The monoisotopic (exact) mass is 390 g/mol. The highest BCUT2D eigenvalue weighted by atomic mass is 16.3. The smallest absolute Gasteiger partial charge is 0.251 e. The van der Waals surface area contributed by atoms with Crippen LogP contribution in [-0.4, -0.2) is 41.6 Å². The van der Waals surface area contributed by atoms with Crippen molar-refractivity contribution in [3.63, 3.8) is 0 Å². The molecule has 0 aromatic heterocycles. The zero-order valence-electron chi connectivity index (χ0n) is 16.9. The number of rotatable bonds is 5. The molecule has 2 fully saturated rings. The lowest BCUT2D eigenvalue weighted by Crippen LogP contribution is -2.56. The van der Waals surface area contributed by atoms with E-state index in [9.17, 15) is 9.90 Å². The Labute approximate surface area is 173 Å². The van der Waals surface area contributed by atoms with E-state index in [-0.39, 0.29) is 17.4 Å². The molecule has 1 heterocycles. The van der Waals surface area contributed by atoms with Gasteiger partial charge in [0.25, 0.3) is 5.91 Å². The van der Waals surface area contributed by atoms with Crippen molar-refractivity contribution in [2.24, 2.45) is 5.92 Å². The van der Waals surface area contributed by atoms with Gasteiger partial charge < -0.3 is 10.4 Å². The molecule has 4 heteroatoms. The molecule has 2 N–H and O–H groups in total. The number of aromatic hydroxyl groups is 1. The van der Waals surface area contributed by atoms with Gasteiger partial charge in [0.05, 0.1) is 0 Å². The number of phenols is 1. The molecule has 2 aromatic carbocycles. The number of likely N-dealkylation sites (tertiary alicyclic amines) is 1. The van der Waals surface area contributed by atoms with E-state index in [2.05, 4.69) is 22.9 Å². The number of amides is 1.